The third kappa shape index (κ3) is 3.10. The van der Waals surface area contributed by atoms with Crippen molar-refractivity contribution in [3.05, 3.63) is 28.9 Å². The van der Waals surface area contributed by atoms with Crippen LogP contribution < -0.4 is 0 Å². The maximum atomic E-state index is 15.6. The fourth-order valence-electron chi connectivity index (χ4n) is 4.96. The van der Waals surface area contributed by atoms with Crippen molar-refractivity contribution < 1.29 is 18.7 Å². The van der Waals surface area contributed by atoms with Gasteiger partial charge in [0.2, 0.25) is 5.91 Å². The zero-order valence-electron chi connectivity index (χ0n) is 15.0. The summed E-state index contributed by atoms with van der Waals surface area (Å²) in [5.41, 5.74) is 0.435. The molecule has 4 rings (SSSR count). The van der Waals surface area contributed by atoms with E-state index in [0.29, 0.717) is 43.3 Å². The Hall–Kier alpha value is -1.73. The zero-order chi connectivity index (χ0) is 19.3. The van der Waals surface area contributed by atoms with Gasteiger partial charge in [-0.25, -0.2) is 8.78 Å². The molecule has 146 valence electrons. The van der Waals surface area contributed by atoms with Crippen LogP contribution in [0.15, 0.2) is 18.3 Å². The van der Waals surface area contributed by atoms with Gasteiger partial charge < -0.3 is 10.0 Å². The minimum absolute atomic E-state index is 0.0621. The van der Waals surface area contributed by atoms with Crippen LogP contribution in [0.5, 0.6) is 0 Å². The van der Waals surface area contributed by atoms with Crippen LogP contribution in [0.25, 0.3) is 10.9 Å². The molecule has 1 amide bonds. The highest BCUT2D eigenvalue weighted by atomic mass is 35.5. The van der Waals surface area contributed by atoms with E-state index in [1.807, 2.05) is 0 Å². The number of amides is 1. The van der Waals surface area contributed by atoms with Crippen LogP contribution >= 0.6 is 11.6 Å². The van der Waals surface area contributed by atoms with Gasteiger partial charge in [0.05, 0.1) is 11.7 Å². The van der Waals surface area contributed by atoms with Crippen molar-refractivity contribution >= 4 is 28.4 Å². The second-order valence-corrected chi connectivity index (χ2v) is 8.22. The van der Waals surface area contributed by atoms with Crippen molar-refractivity contribution in [2.24, 2.45) is 17.8 Å². The van der Waals surface area contributed by atoms with Crippen LogP contribution in [0.2, 0.25) is 5.02 Å². The van der Waals surface area contributed by atoms with Crippen LogP contribution in [-0.2, 0) is 4.79 Å². The van der Waals surface area contributed by atoms with Crippen molar-refractivity contribution in [2.75, 3.05) is 13.1 Å². The molecular formula is C19H22ClF2N3O2. The molecule has 8 heteroatoms. The molecule has 2 aliphatic rings. The smallest absolute Gasteiger partial charge is 0.280 e. The van der Waals surface area contributed by atoms with E-state index in [-0.39, 0.29) is 28.3 Å². The van der Waals surface area contributed by atoms with E-state index < -0.39 is 17.9 Å². The average molecular weight is 398 g/mol. The third-order valence-electron chi connectivity index (χ3n) is 6.24. The van der Waals surface area contributed by atoms with E-state index in [0.717, 1.165) is 0 Å². The number of carbonyl (C=O) groups is 1. The molecule has 2 bridgehead atoms. The maximum Gasteiger partial charge on any atom is 0.280 e. The fraction of sp³-hybridized carbons (Fsp3) is 0.579. The van der Waals surface area contributed by atoms with Gasteiger partial charge in [0, 0.05) is 41.9 Å². The number of aliphatic hydroxyl groups excluding tert-OH is 1. The van der Waals surface area contributed by atoms with Gasteiger partial charge in [-0.15, -0.1) is 0 Å². The topological polar surface area (TPSA) is 69.2 Å². The number of nitrogens with zero attached hydrogens (tertiary/aromatic N) is 2. The molecule has 2 aromatic rings. The Morgan fingerprint density at radius 1 is 1.37 bits per heavy atom. The number of benzene rings is 1. The normalized spacial score (nSPS) is 27.0. The average Bonchev–Trinajstić information content (AvgIpc) is 3.16. The summed E-state index contributed by atoms with van der Waals surface area (Å²) in [6.45, 7) is 2.30. The van der Waals surface area contributed by atoms with Crippen LogP contribution in [0.3, 0.4) is 0 Å². The van der Waals surface area contributed by atoms with Gasteiger partial charge >= 0.3 is 0 Å². The van der Waals surface area contributed by atoms with Crippen LogP contribution in [0, 0.1) is 17.8 Å². The monoisotopic (exact) mass is 397 g/mol. The van der Waals surface area contributed by atoms with Gasteiger partial charge in [0.25, 0.3) is 5.92 Å². The summed E-state index contributed by atoms with van der Waals surface area (Å²) < 4.78 is 31.1. The number of aromatic amines is 1. The molecule has 2 fully saturated rings. The first-order valence-corrected chi connectivity index (χ1v) is 9.60. The first-order valence-electron chi connectivity index (χ1n) is 9.23. The minimum atomic E-state index is -3.33. The predicted molar refractivity (Wildman–Crippen MR) is 97.6 cm³/mol. The van der Waals surface area contributed by atoms with Gasteiger partial charge in [0.1, 0.15) is 6.10 Å². The highest BCUT2D eigenvalue weighted by Gasteiger charge is 2.57. The zero-order valence-corrected chi connectivity index (χ0v) is 15.7. The molecule has 27 heavy (non-hydrogen) atoms. The van der Waals surface area contributed by atoms with E-state index in [1.54, 1.807) is 11.0 Å². The number of H-pyrrole nitrogens is 1. The highest BCUT2D eigenvalue weighted by molar-refractivity contribution is 6.31. The summed E-state index contributed by atoms with van der Waals surface area (Å²) in [6.07, 6.45) is 1.40. The van der Waals surface area contributed by atoms with Gasteiger partial charge in [-0.1, -0.05) is 11.6 Å². The Morgan fingerprint density at radius 3 is 2.85 bits per heavy atom. The van der Waals surface area contributed by atoms with E-state index >= 15 is 8.78 Å². The highest BCUT2D eigenvalue weighted by Crippen LogP contribution is 2.53. The third-order valence-corrected chi connectivity index (χ3v) is 6.46. The summed E-state index contributed by atoms with van der Waals surface area (Å²) in [4.78, 5) is 13.4. The second kappa shape index (κ2) is 6.71. The summed E-state index contributed by atoms with van der Waals surface area (Å²) in [7, 11) is 0. The lowest BCUT2D eigenvalue weighted by Crippen LogP contribution is -2.42. The van der Waals surface area contributed by atoms with Crippen LogP contribution in [0.1, 0.15) is 37.9 Å². The Labute approximate surface area is 160 Å². The summed E-state index contributed by atoms with van der Waals surface area (Å²) in [5, 5.41) is 18.2. The number of carbonyl (C=O) groups excluding carboxylic acids is 1. The molecule has 2 heterocycles. The SMILES string of the molecule is CC(=O)N1CC[C@@H]2CC[C@H](C1)[C@@H]2C(F)(F)C(O)c1cc(Cl)cc2cn[nH]c12. The van der Waals surface area contributed by atoms with Gasteiger partial charge in [-0.05, 0) is 43.2 Å². The Kier molecular flexibility index (Phi) is 4.63. The van der Waals surface area contributed by atoms with Crippen molar-refractivity contribution in [1.82, 2.24) is 15.1 Å². The standard InChI is InChI=1S/C19H22ClF2N3O2/c1-10(26)25-5-4-11-2-3-12(9-25)16(11)19(21,22)18(27)15-7-14(20)6-13-8-23-24-17(13)15/h6-8,11-12,16,18,27H,2-5,9H2,1H3,(H,23,24)/t11-,12+,16+,18?/m0/s1. The molecule has 1 aliphatic heterocycles. The lowest BCUT2D eigenvalue weighted by Gasteiger charge is -2.34. The van der Waals surface area contributed by atoms with Crippen molar-refractivity contribution in [3.8, 4) is 0 Å². The quantitative estimate of drug-likeness (QED) is 0.828. The number of fused-ring (bicyclic) bond motifs is 3. The minimum Gasteiger partial charge on any atom is -0.382 e. The number of halogens is 3. The lowest BCUT2D eigenvalue weighted by atomic mass is 9.79. The fourth-order valence-corrected chi connectivity index (χ4v) is 5.20. The Bertz CT molecular complexity index is 872. The number of aromatic nitrogens is 2. The summed E-state index contributed by atoms with van der Waals surface area (Å²) in [5.74, 6) is -4.91. The van der Waals surface area contributed by atoms with E-state index in [9.17, 15) is 9.90 Å². The molecule has 1 unspecified atom stereocenters. The number of aliphatic hydroxyl groups is 1. The molecular weight excluding hydrogens is 376 g/mol. The van der Waals surface area contributed by atoms with E-state index in [2.05, 4.69) is 10.2 Å². The molecule has 1 aromatic heterocycles. The summed E-state index contributed by atoms with van der Waals surface area (Å²) >= 11 is 6.07. The van der Waals surface area contributed by atoms with E-state index in [4.69, 9.17) is 11.6 Å². The van der Waals surface area contributed by atoms with Crippen LogP contribution in [0.4, 0.5) is 8.78 Å². The molecule has 1 aromatic carbocycles. The van der Waals surface area contributed by atoms with Gasteiger partial charge in [-0.2, -0.15) is 5.10 Å². The molecule has 5 nitrogen and oxygen atoms in total. The van der Waals surface area contributed by atoms with Crippen molar-refractivity contribution in [2.45, 2.75) is 38.2 Å². The first kappa shape index (κ1) is 18.6. The molecule has 0 spiro atoms. The first-order chi connectivity index (χ1) is 12.8. The summed E-state index contributed by atoms with van der Waals surface area (Å²) in [6, 6.07) is 3.00. The number of hydrogen-bond donors (Lipinski definition) is 2. The lowest BCUT2D eigenvalue weighted by molar-refractivity contribution is -0.168. The Balaban J connectivity index is 1.69. The Morgan fingerprint density at radius 2 is 2.11 bits per heavy atom. The van der Waals surface area contributed by atoms with E-state index in [1.165, 1.54) is 19.2 Å². The number of hydrogen-bond acceptors (Lipinski definition) is 3. The largest absolute Gasteiger partial charge is 0.382 e. The second-order valence-electron chi connectivity index (χ2n) is 7.78. The molecule has 1 aliphatic carbocycles. The number of nitrogens with one attached hydrogen (secondary N) is 1. The molecule has 2 N–H and O–H groups in total. The number of likely N-dealkylation sites (tertiary alicyclic amines) is 1. The predicted octanol–water partition coefficient (Wildman–Crippen LogP) is 3.78. The number of alkyl halides is 2. The maximum absolute atomic E-state index is 15.6. The molecule has 1 saturated heterocycles. The number of rotatable bonds is 3. The molecule has 1 saturated carbocycles. The van der Waals surface area contributed by atoms with Gasteiger partial charge in [0.15, 0.2) is 0 Å². The molecule has 4 atom stereocenters. The van der Waals surface area contributed by atoms with Crippen molar-refractivity contribution in [3.63, 3.8) is 0 Å². The molecule has 0 radical (unpaired) electrons. The van der Waals surface area contributed by atoms with Gasteiger partial charge in [-0.3, -0.25) is 9.89 Å². The van der Waals surface area contributed by atoms with Crippen LogP contribution in [-0.4, -0.2) is 45.1 Å². The van der Waals surface area contributed by atoms with Crippen molar-refractivity contribution in [1.29, 1.82) is 0 Å².